The van der Waals surface area contributed by atoms with E-state index in [0.717, 1.165) is 16.9 Å². The van der Waals surface area contributed by atoms with Crippen LogP contribution in [-0.2, 0) is 59.1 Å². The SMILES string of the molecule is COC(C(C)O)C(C)[C@H]1O[C@]1(C)CC(C)/C=C/C=C(\C)[C@H]1O[C@@H](CC(=O)O)C[C@@H](OC(=O)N2CCN(C(=O)OCc3ccc(NC(=O)C(CCCNC(N)=O)NC(=O)C(NC(=O)CCCCCN4C(=O)C=CC4=O)C(C)C)cc3)CC2)[C@@H]1C. The van der Waals surface area contributed by atoms with Crippen LogP contribution in [0.3, 0.4) is 0 Å². The number of epoxide rings is 1. The molecule has 24 nitrogen and oxygen atoms in total. The Bertz CT molecular complexity index is 2500. The number of carbonyl (C=O) groups is 9. The molecule has 5 rings (SSSR count). The molecule has 4 heterocycles. The number of nitrogens with one attached hydrogen (secondary N) is 4. The summed E-state index contributed by atoms with van der Waals surface area (Å²) in [5.41, 5.74) is 6.70. The molecule has 24 heteroatoms. The Hall–Kier alpha value is -6.89. The normalized spacial score (nSPS) is 23.9. The van der Waals surface area contributed by atoms with E-state index in [1.807, 2.05) is 32.9 Å². The molecule has 83 heavy (non-hydrogen) atoms. The fourth-order valence-corrected chi connectivity index (χ4v) is 11.0. The molecule has 9 amide bonds. The zero-order valence-corrected chi connectivity index (χ0v) is 49.5. The molecule has 8 N–H and O–H groups in total. The van der Waals surface area contributed by atoms with Crippen molar-refractivity contribution in [1.82, 2.24) is 30.7 Å². The Morgan fingerprint density at radius 2 is 1.54 bits per heavy atom. The summed E-state index contributed by atoms with van der Waals surface area (Å²) >= 11 is 0. The maximum Gasteiger partial charge on any atom is 0.410 e. The second kappa shape index (κ2) is 31.7. The van der Waals surface area contributed by atoms with Gasteiger partial charge < -0.3 is 70.7 Å². The number of carboxylic acids is 1. The van der Waals surface area contributed by atoms with Gasteiger partial charge in [-0.15, -0.1) is 0 Å². The number of benzene rings is 1. The smallest absolute Gasteiger partial charge is 0.410 e. The van der Waals surface area contributed by atoms with Gasteiger partial charge >= 0.3 is 24.2 Å². The number of ether oxygens (including phenoxy) is 5. The van der Waals surface area contributed by atoms with Gasteiger partial charge in [0.15, 0.2) is 0 Å². The summed E-state index contributed by atoms with van der Waals surface area (Å²) in [6.07, 6.45) is 7.10. The highest BCUT2D eigenvalue weighted by molar-refractivity contribution is 6.12. The number of carboxylic acid groups (broad SMARTS) is 1. The molecule has 6 unspecified atom stereocenters. The first-order valence-corrected chi connectivity index (χ1v) is 28.8. The van der Waals surface area contributed by atoms with Gasteiger partial charge in [0, 0.05) is 88.9 Å². The second-order valence-corrected chi connectivity index (χ2v) is 22.9. The van der Waals surface area contributed by atoms with E-state index in [2.05, 4.69) is 41.2 Å². The Morgan fingerprint density at radius 1 is 0.892 bits per heavy atom. The number of aliphatic hydroxyl groups excluding tert-OH is 1. The number of aliphatic hydroxyl groups is 1. The molecule has 1 aromatic rings. The number of allylic oxidation sites excluding steroid dienone is 3. The number of primary amides is 1. The Labute approximate surface area is 486 Å². The van der Waals surface area contributed by atoms with Crippen molar-refractivity contribution in [1.29, 1.82) is 0 Å². The van der Waals surface area contributed by atoms with Gasteiger partial charge in [-0.1, -0.05) is 71.4 Å². The van der Waals surface area contributed by atoms with Gasteiger partial charge in [-0.05, 0) is 88.0 Å². The van der Waals surface area contributed by atoms with Crippen LogP contribution < -0.4 is 27.0 Å². The number of aliphatic carboxylic acids is 1. The van der Waals surface area contributed by atoms with Crippen LogP contribution in [0.25, 0.3) is 0 Å². The highest BCUT2D eigenvalue weighted by Gasteiger charge is 2.57. The lowest BCUT2D eigenvalue weighted by Gasteiger charge is -2.41. The highest BCUT2D eigenvalue weighted by atomic mass is 16.6. The molecule has 0 aliphatic carbocycles. The predicted molar refractivity (Wildman–Crippen MR) is 305 cm³/mol. The van der Waals surface area contributed by atoms with Crippen molar-refractivity contribution in [3.05, 3.63) is 65.8 Å². The number of rotatable bonds is 30. The number of amides is 9. The van der Waals surface area contributed by atoms with Gasteiger partial charge in [-0.25, -0.2) is 14.4 Å². The molecule has 0 aromatic heterocycles. The third-order valence-corrected chi connectivity index (χ3v) is 15.6. The minimum atomic E-state index is -1.08. The minimum absolute atomic E-state index is 0.00638. The lowest BCUT2D eigenvalue weighted by Crippen LogP contribution is -2.54. The van der Waals surface area contributed by atoms with Gasteiger partial charge in [-0.2, -0.15) is 0 Å². The van der Waals surface area contributed by atoms with Crippen molar-refractivity contribution in [3.63, 3.8) is 0 Å². The highest BCUT2D eigenvalue weighted by Crippen LogP contribution is 2.47. The third-order valence-electron chi connectivity index (χ3n) is 15.6. The van der Waals surface area contributed by atoms with E-state index in [0.29, 0.717) is 30.5 Å². The van der Waals surface area contributed by atoms with E-state index in [1.165, 1.54) is 22.0 Å². The zero-order chi connectivity index (χ0) is 61.1. The van der Waals surface area contributed by atoms with Crippen LogP contribution in [0, 0.1) is 23.7 Å². The van der Waals surface area contributed by atoms with Crippen LogP contribution in [-0.4, -0.2) is 179 Å². The summed E-state index contributed by atoms with van der Waals surface area (Å²) in [5, 5.41) is 30.6. The van der Waals surface area contributed by atoms with Gasteiger partial charge in [0.05, 0.1) is 42.5 Å². The van der Waals surface area contributed by atoms with E-state index < -0.39 is 72.5 Å². The monoisotopic (exact) mass is 1160 g/mol. The summed E-state index contributed by atoms with van der Waals surface area (Å²) in [7, 11) is 1.59. The van der Waals surface area contributed by atoms with E-state index in [4.69, 9.17) is 29.4 Å². The number of unbranched alkanes of at least 4 members (excludes halogenated alkanes) is 2. The standard InChI is InChI=1S/C59H88N8O16/c1-35(2)50(64-46(69)18-11-10-12-26-67-47(70)23-24-48(67)71)55(75)63-44(17-14-25-61-56(60)76)54(74)62-42-21-19-41(20-22-42)34-80-57(77)65-27-29-66(30-28-65)58(78)82-45-31-43(32-49(72)73)81-51(38(45)5)37(4)16-13-15-36(3)33-59(8)53(83-59)39(6)52(79-9)40(7)68/h13,15-16,19-24,35-36,38-40,43-45,50-53,68H,10-12,14,17-18,25-34H2,1-9H3,(H,62,74)(H,63,75)(H,64,69)(H,72,73)(H3,60,61,76)/b15-13+,37-16+/t36?,38-,39?,40?,43+,44?,45+,50?,51+,52?,53+,59+/m0/s1. The molecule has 3 saturated heterocycles. The first-order chi connectivity index (χ1) is 39.3. The van der Waals surface area contributed by atoms with Crippen LogP contribution in [0.15, 0.2) is 60.2 Å². The molecular formula is C59H88N8O16. The topological polar surface area (TPSA) is 327 Å². The maximum absolute atomic E-state index is 13.7. The van der Waals surface area contributed by atoms with Crippen molar-refractivity contribution < 1.29 is 77.0 Å². The molecular weight excluding hydrogens is 1080 g/mol. The zero-order valence-electron chi connectivity index (χ0n) is 49.5. The first-order valence-electron chi connectivity index (χ1n) is 28.8. The summed E-state index contributed by atoms with van der Waals surface area (Å²) in [5.74, 6) is -3.78. The van der Waals surface area contributed by atoms with Crippen molar-refractivity contribution >= 4 is 59.4 Å². The number of imide groups is 1. The number of hydrogen-bond donors (Lipinski definition) is 7. The number of methoxy groups -OCH3 is 1. The molecule has 0 saturated carbocycles. The van der Waals surface area contributed by atoms with Gasteiger partial charge in [0.1, 0.15) is 24.8 Å². The van der Waals surface area contributed by atoms with Crippen LogP contribution in [0.4, 0.5) is 20.1 Å². The van der Waals surface area contributed by atoms with Gasteiger partial charge in [0.2, 0.25) is 17.7 Å². The number of nitrogens with zero attached hydrogens (tertiary/aromatic N) is 3. The summed E-state index contributed by atoms with van der Waals surface area (Å²) < 4.78 is 29.6. The van der Waals surface area contributed by atoms with E-state index in [-0.39, 0.29) is 137 Å². The number of carbonyl (C=O) groups excluding carboxylic acids is 8. The number of nitrogens with two attached hydrogens (primary N) is 1. The van der Waals surface area contributed by atoms with Crippen LogP contribution in [0.1, 0.15) is 119 Å². The average molecular weight is 1170 g/mol. The molecule has 460 valence electrons. The lowest BCUT2D eigenvalue weighted by molar-refractivity contribution is -0.151. The number of hydrogen-bond acceptors (Lipinski definition) is 15. The van der Waals surface area contributed by atoms with Crippen LogP contribution in [0.5, 0.6) is 0 Å². The van der Waals surface area contributed by atoms with Crippen molar-refractivity contribution in [2.24, 2.45) is 29.4 Å². The summed E-state index contributed by atoms with van der Waals surface area (Å²) in [6.45, 7) is 16.2. The molecule has 4 aliphatic rings. The summed E-state index contributed by atoms with van der Waals surface area (Å²) in [6, 6.07) is 3.74. The van der Waals surface area contributed by atoms with E-state index in [1.54, 1.807) is 52.1 Å². The Kier molecular flexibility index (Phi) is 25.5. The number of piperazine rings is 1. The molecule has 4 aliphatic heterocycles. The predicted octanol–water partition coefficient (Wildman–Crippen LogP) is 4.93. The van der Waals surface area contributed by atoms with E-state index in [9.17, 15) is 53.4 Å². The Balaban J connectivity index is 1.07. The van der Waals surface area contributed by atoms with Gasteiger partial charge in [0.25, 0.3) is 11.8 Å². The minimum Gasteiger partial charge on any atom is -0.481 e. The van der Waals surface area contributed by atoms with Gasteiger partial charge in [-0.3, -0.25) is 33.7 Å². The molecule has 0 spiro atoms. The molecule has 1 aromatic carbocycles. The molecule has 0 radical (unpaired) electrons. The quantitative estimate of drug-likeness (QED) is 0.0232. The number of urea groups is 1. The lowest BCUT2D eigenvalue weighted by atomic mass is 9.85. The average Bonchev–Trinajstić information content (AvgIpc) is 2.35. The maximum atomic E-state index is 13.7. The fraction of sp³-hybridized carbons (Fsp3) is 0.644. The van der Waals surface area contributed by atoms with Crippen molar-refractivity contribution in [3.8, 4) is 0 Å². The fourth-order valence-electron chi connectivity index (χ4n) is 11.0. The van der Waals surface area contributed by atoms with Crippen molar-refractivity contribution in [2.45, 2.75) is 174 Å². The second-order valence-electron chi connectivity index (χ2n) is 22.9. The summed E-state index contributed by atoms with van der Waals surface area (Å²) in [4.78, 5) is 118. The number of anilines is 1. The van der Waals surface area contributed by atoms with Crippen LogP contribution >= 0.6 is 0 Å². The molecule has 12 atom stereocenters. The third kappa shape index (κ3) is 20.5. The molecule has 0 bridgehead atoms. The van der Waals surface area contributed by atoms with E-state index >= 15 is 0 Å². The first kappa shape index (κ1) is 66.9. The largest absolute Gasteiger partial charge is 0.481 e. The van der Waals surface area contributed by atoms with Crippen molar-refractivity contribution in [2.75, 3.05) is 51.7 Å². The van der Waals surface area contributed by atoms with Crippen LogP contribution in [0.2, 0.25) is 0 Å². The molecule has 3 fully saturated rings. The Morgan fingerprint density at radius 3 is 2.14 bits per heavy atom.